The molecule has 1 aliphatic heterocycles. The van der Waals surface area contributed by atoms with Crippen molar-refractivity contribution < 1.29 is 4.79 Å². The molecule has 2 fully saturated rings. The van der Waals surface area contributed by atoms with Crippen molar-refractivity contribution in [3.63, 3.8) is 0 Å². The fourth-order valence-corrected chi connectivity index (χ4v) is 2.71. The summed E-state index contributed by atoms with van der Waals surface area (Å²) in [6, 6.07) is 0.386. The number of hydrogen-bond donors (Lipinski definition) is 2. The van der Waals surface area contributed by atoms with Gasteiger partial charge in [0.05, 0.1) is 6.04 Å². The molecular weight excluding hydrogens is 224 g/mol. The Labute approximate surface area is 104 Å². The van der Waals surface area contributed by atoms with Gasteiger partial charge in [-0.15, -0.1) is 12.4 Å². The van der Waals surface area contributed by atoms with Gasteiger partial charge in [0.25, 0.3) is 0 Å². The van der Waals surface area contributed by atoms with Crippen LogP contribution in [-0.4, -0.2) is 24.5 Å². The van der Waals surface area contributed by atoms with Crippen molar-refractivity contribution in [1.29, 1.82) is 0 Å². The van der Waals surface area contributed by atoms with E-state index < -0.39 is 0 Å². The van der Waals surface area contributed by atoms with E-state index in [0.717, 1.165) is 19.4 Å². The summed E-state index contributed by atoms with van der Waals surface area (Å²) in [4.78, 5) is 11.9. The van der Waals surface area contributed by atoms with E-state index in [0.29, 0.717) is 6.04 Å². The number of nitrogens with one attached hydrogen (secondary N) is 2. The molecule has 0 aromatic rings. The van der Waals surface area contributed by atoms with Crippen molar-refractivity contribution in [3.05, 3.63) is 0 Å². The number of rotatable bonds is 2. The molecule has 0 bridgehead atoms. The number of halogens is 1. The minimum atomic E-state index is 0. The van der Waals surface area contributed by atoms with Gasteiger partial charge in [-0.3, -0.25) is 4.79 Å². The molecule has 94 valence electrons. The van der Waals surface area contributed by atoms with Crippen molar-refractivity contribution in [2.45, 2.75) is 52.6 Å². The number of amides is 1. The van der Waals surface area contributed by atoms with Gasteiger partial charge in [0, 0.05) is 6.04 Å². The fourth-order valence-electron chi connectivity index (χ4n) is 2.71. The Bertz CT molecular complexity index is 269. The zero-order chi connectivity index (χ0) is 11.3. The highest BCUT2D eigenvalue weighted by atomic mass is 35.5. The normalized spacial score (nSPS) is 30.6. The zero-order valence-electron chi connectivity index (χ0n) is 10.6. The summed E-state index contributed by atoms with van der Waals surface area (Å²) >= 11 is 0. The maximum Gasteiger partial charge on any atom is 0.237 e. The minimum Gasteiger partial charge on any atom is -0.351 e. The van der Waals surface area contributed by atoms with Crippen LogP contribution in [0.15, 0.2) is 0 Å². The Morgan fingerprint density at radius 3 is 2.19 bits per heavy atom. The SMILES string of the molecule is CC1(C)C(NC(=O)C2CCCN2)C1(C)C.Cl. The molecule has 0 radical (unpaired) electrons. The van der Waals surface area contributed by atoms with Gasteiger partial charge in [0.2, 0.25) is 5.91 Å². The average Bonchev–Trinajstić information content (AvgIpc) is 2.65. The van der Waals surface area contributed by atoms with Crippen LogP contribution in [0.5, 0.6) is 0 Å². The summed E-state index contributed by atoms with van der Waals surface area (Å²) in [7, 11) is 0. The monoisotopic (exact) mass is 246 g/mol. The highest BCUT2D eigenvalue weighted by Crippen LogP contribution is 2.62. The molecule has 0 aromatic heterocycles. The molecule has 1 amide bonds. The van der Waals surface area contributed by atoms with Gasteiger partial charge in [0.15, 0.2) is 0 Å². The molecule has 4 heteroatoms. The van der Waals surface area contributed by atoms with E-state index in [9.17, 15) is 4.79 Å². The van der Waals surface area contributed by atoms with Crippen LogP contribution < -0.4 is 10.6 Å². The average molecular weight is 247 g/mol. The number of carbonyl (C=O) groups excluding carboxylic acids is 1. The maximum absolute atomic E-state index is 11.9. The van der Waals surface area contributed by atoms with Gasteiger partial charge < -0.3 is 10.6 Å². The zero-order valence-corrected chi connectivity index (χ0v) is 11.4. The maximum atomic E-state index is 11.9. The summed E-state index contributed by atoms with van der Waals surface area (Å²) in [6.07, 6.45) is 2.11. The molecule has 1 saturated heterocycles. The number of hydrogen-bond acceptors (Lipinski definition) is 2. The Morgan fingerprint density at radius 2 is 1.81 bits per heavy atom. The lowest BCUT2D eigenvalue weighted by Crippen LogP contribution is -2.42. The molecule has 1 saturated carbocycles. The van der Waals surface area contributed by atoms with E-state index in [4.69, 9.17) is 0 Å². The Kier molecular flexibility index (Phi) is 3.61. The van der Waals surface area contributed by atoms with Crippen molar-refractivity contribution in [2.75, 3.05) is 6.54 Å². The summed E-state index contributed by atoms with van der Waals surface area (Å²) in [5.41, 5.74) is 0.475. The fraction of sp³-hybridized carbons (Fsp3) is 0.917. The molecule has 2 N–H and O–H groups in total. The molecule has 2 aliphatic rings. The van der Waals surface area contributed by atoms with E-state index in [2.05, 4.69) is 38.3 Å². The predicted octanol–water partition coefficient (Wildman–Crippen LogP) is 1.71. The van der Waals surface area contributed by atoms with Crippen LogP contribution in [0, 0.1) is 10.8 Å². The van der Waals surface area contributed by atoms with Crippen LogP contribution in [0.2, 0.25) is 0 Å². The minimum absolute atomic E-state index is 0. The van der Waals surface area contributed by atoms with Crippen molar-refractivity contribution in [2.24, 2.45) is 10.8 Å². The lowest BCUT2D eigenvalue weighted by molar-refractivity contribution is -0.123. The Morgan fingerprint density at radius 1 is 1.25 bits per heavy atom. The Hall–Kier alpha value is -0.280. The van der Waals surface area contributed by atoms with Crippen LogP contribution in [-0.2, 0) is 4.79 Å². The third kappa shape index (κ3) is 1.95. The van der Waals surface area contributed by atoms with Crippen molar-refractivity contribution in [3.8, 4) is 0 Å². The largest absolute Gasteiger partial charge is 0.351 e. The second kappa shape index (κ2) is 4.19. The summed E-state index contributed by atoms with van der Waals surface area (Å²) in [6.45, 7) is 9.87. The van der Waals surface area contributed by atoms with Gasteiger partial charge in [-0.05, 0) is 30.2 Å². The second-order valence-corrected chi connectivity index (χ2v) is 6.03. The lowest BCUT2D eigenvalue weighted by atomic mass is 10.0. The summed E-state index contributed by atoms with van der Waals surface area (Å²) in [5.74, 6) is 0.191. The highest BCUT2D eigenvalue weighted by Gasteiger charge is 2.65. The van der Waals surface area contributed by atoms with Crippen LogP contribution >= 0.6 is 12.4 Å². The van der Waals surface area contributed by atoms with E-state index in [-0.39, 0.29) is 35.2 Å². The van der Waals surface area contributed by atoms with Gasteiger partial charge in [-0.25, -0.2) is 0 Å². The first-order chi connectivity index (χ1) is 6.87. The molecule has 0 spiro atoms. The first-order valence-corrected chi connectivity index (χ1v) is 5.91. The van der Waals surface area contributed by atoms with Crippen LogP contribution in [0.4, 0.5) is 0 Å². The summed E-state index contributed by atoms with van der Waals surface area (Å²) < 4.78 is 0. The van der Waals surface area contributed by atoms with Crippen LogP contribution in [0.3, 0.4) is 0 Å². The van der Waals surface area contributed by atoms with Gasteiger partial charge in [0.1, 0.15) is 0 Å². The van der Waals surface area contributed by atoms with Gasteiger partial charge in [-0.1, -0.05) is 27.7 Å². The molecular formula is C12H23ClN2O. The number of carbonyl (C=O) groups is 1. The van der Waals surface area contributed by atoms with E-state index >= 15 is 0 Å². The van der Waals surface area contributed by atoms with E-state index in [1.807, 2.05) is 0 Å². The molecule has 0 aromatic carbocycles. The lowest BCUT2D eigenvalue weighted by Gasteiger charge is -2.12. The molecule has 16 heavy (non-hydrogen) atoms. The first kappa shape index (κ1) is 13.8. The molecule has 1 aliphatic carbocycles. The topological polar surface area (TPSA) is 41.1 Å². The molecule has 3 nitrogen and oxygen atoms in total. The third-order valence-corrected chi connectivity index (χ3v) is 4.68. The smallest absolute Gasteiger partial charge is 0.237 e. The highest BCUT2D eigenvalue weighted by molar-refractivity contribution is 5.85. The first-order valence-electron chi connectivity index (χ1n) is 5.91. The van der Waals surface area contributed by atoms with Crippen LogP contribution in [0.1, 0.15) is 40.5 Å². The summed E-state index contributed by atoms with van der Waals surface area (Å²) in [5, 5.41) is 6.41. The van der Waals surface area contributed by atoms with Crippen molar-refractivity contribution in [1.82, 2.24) is 10.6 Å². The van der Waals surface area contributed by atoms with Crippen molar-refractivity contribution >= 4 is 18.3 Å². The Balaban J connectivity index is 0.00000128. The van der Waals surface area contributed by atoms with Gasteiger partial charge in [-0.2, -0.15) is 0 Å². The van der Waals surface area contributed by atoms with E-state index in [1.54, 1.807) is 0 Å². The second-order valence-electron chi connectivity index (χ2n) is 6.03. The quantitative estimate of drug-likeness (QED) is 0.779. The molecule has 1 heterocycles. The standard InChI is InChI=1S/C12H22N2O.ClH/c1-11(2)10(12(11,3)4)14-9(15)8-6-5-7-13-8;/h8,10,13H,5-7H2,1-4H3,(H,14,15);1H. The van der Waals surface area contributed by atoms with E-state index in [1.165, 1.54) is 0 Å². The molecule has 2 rings (SSSR count). The third-order valence-electron chi connectivity index (χ3n) is 4.68. The molecule has 1 atom stereocenters. The van der Waals surface area contributed by atoms with Crippen LogP contribution in [0.25, 0.3) is 0 Å². The van der Waals surface area contributed by atoms with Gasteiger partial charge >= 0.3 is 0 Å². The predicted molar refractivity (Wildman–Crippen MR) is 67.8 cm³/mol. The molecule has 1 unspecified atom stereocenters.